The average Bonchev–Trinajstić information content (AvgIpc) is 2.54. The first-order valence-electron chi connectivity index (χ1n) is 7.51. The number of benzene rings is 1. The van der Waals surface area contributed by atoms with E-state index < -0.39 is 11.5 Å². The Morgan fingerprint density at radius 2 is 2.04 bits per heavy atom. The molecule has 0 saturated heterocycles. The third-order valence-electron chi connectivity index (χ3n) is 3.31. The first kappa shape index (κ1) is 18.7. The van der Waals surface area contributed by atoms with Crippen LogP contribution in [0.15, 0.2) is 28.2 Å². The molecule has 1 aromatic heterocycles. The third kappa shape index (κ3) is 5.71. The number of carboxylic acids is 1. The van der Waals surface area contributed by atoms with E-state index in [4.69, 9.17) is 0 Å². The number of carboxylic acid groups (broad SMARTS) is 1. The molecule has 0 radical (unpaired) electrons. The molecular weight excluding hydrogens is 344 g/mol. The molecule has 0 bridgehead atoms. The number of carbonyl (C=O) groups is 2. The minimum absolute atomic E-state index is 0.0216. The van der Waals surface area contributed by atoms with Crippen molar-refractivity contribution >= 4 is 29.3 Å². The van der Waals surface area contributed by atoms with Crippen LogP contribution in [0, 0.1) is 13.8 Å². The fourth-order valence-corrected chi connectivity index (χ4v) is 2.67. The predicted molar refractivity (Wildman–Crippen MR) is 91.3 cm³/mol. The van der Waals surface area contributed by atoms with Crippen molar-refractivity contribution in [2.45, 2.75) is 31.8 Å². The minimum Gasteiger partial charge on any atom is -0.550 e. The Labute approximate surface area is 148 Å². The zero-order chi connectivity index (χ0) is 18.4. The van der Waals surface area contributed by atoms with Crippen LogP contribution in [-0.4, -0.2) is 32.8 Å². The molecule has 0 saturated carbocycles. The molecule has 2 rings (SSSR count). The van der Waals surface area contributed by atoms with Gasteiger partial charge in [-0.3, -0.25) is 14.6 Å². The molecule has 9 heteroatoms. The Morgan fingerprint density at radius 3 is 2.68 bits per heavy atom. The van der Waals surface area contributed by atoms with Crippen molar-refractivity contribution in [3.63, 3.8) is 0 Å². The van der Waals surface area contributed by atoms with Gasteiger partial charge in [0.1, 0.15) is 5.69 Å². The quantitative estimate of drug-likeness (QED) is 0.674. The Balaban J connectivity index is 1.92. The molecule has 0 fully saturated rings. The molecule has 0 aliphatic heterocycles. The van der Waals surface area contributed by atoms with Crippen LogP contribution in [0.2, 0.25) is 0 Å². The molecule has 0 spiro atoms. The summed E-state index contributed by atoms with van der Waals surface area (Å²) in [4.78, 5) is 36.7. The fourth-order valence-electron chi connectivity index (χ4n) is 2.07. The minimum atomic E-state index is -1.26. The van der Waals surface area contributed by atoms with Crippen LogP contribution in [0.5, 0.6) is 0 Å². The summed E-state index contributed by atoms with van der Waals surface area (Å²) >= 11 is 1.03. The van der Waals surface area contributed by atoms with Crippen molar-refractivity contribution < 1.29 is 14.7 Å². The fraction of sp³-hybridized carbons (Fsp3) is 0.312. The van der Waals surface area contributed by atoms with Crippen molar-refractivity contribution in [2.75, 3.05) is 11.1 Å². The van der Waals surface area contributed by atoms with Gasteiger partial charge in [0.05, 0.1) is 5.75 Å². The van der Waals surface area contributed by atoms with Gasteiger partial charge in [0, 0.05) is 18.1 Å². The molecule has 1 heterocycles. The lowest BCUT2D eigenvalue weighted by Gasteiger charge is -2.08. The summed E-state index contributed by atoms with van der Waals surface area (Å²) in [6.45, 7) is 3.88. The van der Waals surface area contributed by atoms with Gasteiger partial charge in [0.2, 0.25) is 5.91 Å². The van der Waals surface area contributed by atoms with Gasteiger partial charge in [-0.05, 0) is 31.9 Å². The molecule has 2 N–H and O–H groups in total. The summed E-state index contributed by atoms with van der Waals surface area (Å²) in [5.41, 5.74) is 2.30. The van der Waals surface area contributed by atoms with E-state index in [-0.39, 0.29) is 35.4 Å². The summed E-state index contributed by atoms with van der Waals surface area (Å²) in [5.74, 6) is -1.44. The number of H-pyrrole nitrogens is 1. The number of amides is 1. The second kappa shape index (κ2) is 8.43. The number of nitrogens with zero attached hydrogens (tertiary/aromatic N) is 2. The van der Waals surface area contributed by atoms with Crippen molar-refractivity contribution in [1.29, 1.82) is 0 Å². The summed E-state index contributed by atoms with van der Waals surface area (Å²) < 4.78 is 0. The van der Waals surface area contributed by atoms with Crippen LogP contribution in [0.3, 0.4) is 0 Å². The van der Waals surface area contributed by atoms with Crippen LogP contribution < -0.4 is 16.0 Å². The standard InChI is InChI=1S/C16H18N4O4S/c1-9-3-4-11(10(2)7-9)17-13(21)8-25-16-18-15(24)12(19-20-16)5-6-14(22)23/h3-4,7H,5-6,8H2,1-2H3,(H,17,21)(H,22,23)(H,18,20,24)/p-1. The van der Waals surface area contributed by atoms with Crippen LogP contribution >= 0.6 is 11.8 Å². The Morgan fingerprint density at radius 1 is 1.28 bits per heavy atom. The van der Waals surface area contributed by atoms with E-state index in [0.717, 1.165) is 28.6 Å². The number of anilines is 1. The molecule has 0 unspecified atom stereocenters. The van der Waals surface area contributed by atoms with E-state index in [0.29, 0.717) is 0 Å². The molecule has 0 aliphatic carbocycles. The number of thioether (sulfide) groups is 1. The van der Waals surface area contributed by atoms with E-state index in [2.05, 4.69) is 20.5 Å². The van der Waals surface area contributed by atoms with E-state index in [1.54, 1.807) is 0 Å². The average molecular weight is 361 g/mol. The number of aromatic nitrogens is 3. The third-order valence-corrected chi connectivity index (χ3v) is 4.17. The predicted octanol–water partition coefficient (Wildman–Crippen LogP) is 0.195. The number of hydrogen-bond acceptors (Lipinski definition) is 7. The molecular formula is C16H17N4O4S-. The number of hydrogen-bond donors (Lipinski definition) is 2. The highest BCUT2D eigenvalue weighted by Crippen LogP contribution is 2.17. The first-order valence-corrected chi connectivity index (χ1v) is 8.49. The molecule has 25 heavy (non-hydrogen) atoms. The monoisotopic (exact) mass is 361 g/mol. The van der Waals surface area contributed by atoms with Gasteiger partial charge in [0.25, 0.3) is 5.56 Å². The number of aromatic amines is 1. The highest BCUT2D eigenvalue weighted by atomic mass is 32.2. The zero-order valence-corrected chi connectivity index (χ0v) is 14.6. The largest absolute Gasteiger partial charge is 0.550 e. The van der Waals surface area contributed by atoms with Crippen LogP contribution in [0.4, 0.5) is 5.69 Å². The van der Waals surface area contributed by atoms with Gasteiger partial charge in [-0.2, -0.15) is 0 Å². The maximum absolute atomic E-state index is 12.0. The highest BCUT2D eigenvalue weighted by Gasteiger charge is 2.09. The summed E-state index contributed by atoms with van der Waals surface area (Å²) in [5, 5.41) is 20.9. The van der Waals surface area contributed by atoms with Gasteiger partial charge in [0.15, 0.2) is 5.16 Å². The molecule has 1 amide bonds. The van der Waals surface area contributed by atoms with Gasteiger partial charge < -0.3 is 15.2 Å². The van der Waals surface area contributed by atoms with Crippen LogP contribution in [0.25, 0.3) is 0 Å². The summed E-state index contributed by atoms with van der Waals surface area (Å²) in [6.07, 6.45) is -0.356. The molecule has 0 atom stereocenters. The number of carbonyl (C=O) groups excluding carboxylic acids is 2. The number of aryl methyl sites for hydroxylation is 3. The number of rotatable bonds is 7. The number of aliphatic carboxylic acids is 1. The molecule has 132 valence electrons. The van der Waals surface area contributed by atoms with Gasteiger partial charge in [-0.1, -0.05) is 29.5 Å². The van der Waals surface area contributed by atoms with E-state index in [1.807, 2.05) is 32.0 Å². The Hall–Kier alpha value is -2.68. The molecule has 0 aliphatic rings. The van der Waals surface area contributed by atoms with Crippen molar-refractivity contribution in [2.24, 2.45) is 0 Å². The lowest BCUT2D eigenvalue weighted by atomic mass is 10.1. The van der Waals surface area contributed by atoms with Crippen molar-refractivity contribution in [3.8, 4) is 0 Å². The second-order valence-electron chi connectivity index (χ2n) is 5.43. The maximum Gasteiger partial charge on any atom is 0.273 e. The Kier molecular flexibility index (Phi) is 6.29. The smallest absolute Gasteiger partial charge is 0.273 e. The zero-order valence-electron chi connectivity index (χ0n) is 13.8. The van der Waals surface area contributed by atoms with Gasteiger partial charge in [-0.25, -0.2) is 0 Å². The van der Waals surface area contributed by atoms with E-state index >= 15 is 0 Å². The molecule has 1 aromatic carbocycles. The van der Waals surface area contributed by atoms with Gasteiger partial charge in [-0.15, -0.1) is 10.2 Å². The van der Waals surface area contributed by atoms with Crippen molar-refractivity contribution in [3.05, 3.63) is 45.4 Å². The summed E-state index contributed by atoms with van der Waals surface area (Å²) in [7, 11) is 0. The molecule has 2 aromatic rings. The second-order valence-corrected chi connectivity index (χ2v) is 6.40. The topological polar surface area (TPSA) is 128 Å². The maximum atomic E-state index is 12.0. The molecule has 8 nitrogen and oxygen atoms in total. The van der Waals surface area contributed by atoms with Crippen LogP contribution in [-0.2, 0) is 16.0 Å². The number of nitrogens with one attached hydrogen (secondary N) is 2. The normalized spacial score (nSPS) is 10.5. The SMILES string of the molecule is Cc1ccc(NC(=O)CSc2nnc(CCC(=O)[O-])c(=O)[nH]2)c(C)c1. The van der Waals surface area contributed by atoms with E-state index in [1.165, 1.54) is 0 Å². The lowest BCUT2D eigenvalue weighted by molar-refractivity contribution is -0.305. The Bertz CT molecular complexity index is 850. The van der Waals surface area contributed by atoms with Crippen LogP contribution in [0.1, 0.15) is 23.2 Å². The highest BCUT2D eigenvalue weighted by molar-refractivity contribution is 7.99. The van der Waals surface area contributed by atoms with Crippen molar-refractivity contribution in [1.82, 2.24) is 15.2 Å². The lowest BCUT2D eigenvalue weighted by Crippen LogP contribution is -2.25. The van der Waals surface area contributed by atoms with E-state index in [9.17, 15) is 19.5 Å². The summed E-state index contributed by atoms with van der Waals surface area (Å²) in [6, 6.07) is 5.71. The first-order chi connectivity index (χ1) is 11.8. The van der Waals surface area contributed by atoms with Gasteiger partial charge >= 0.3 is 0 Å².